The topological polar surface area (TPSA) is 65.0 Å². The van der Waals surface area contributed by atoms with E-state index in [1.54, 1.807) is 0 Å². The maximum Gasteiger partial charge on any atom is 0.164 e. The van der Waals surface area contributed by atoms with Crippen molar-refractivity contribution in [2.24, 2.45) is 0 Å². The zero-order valence-corrected chi connectivity index (χ0v) is 23.6. The predicted octanol–water partition coefficient (Wildman–Crippen LogP) is 10.1. The molecule has 44 heavy (non-hydrogen) atoms. The summed E-state index contributed by atoms with van der Waals surface area (Å²) < 4.78 is 12.9. The molecule has 1 unspecified atom stereocenters. The lowest BCUT2D eigenvalue weighted by Gasteiger charge is -2.18. The van der Waals surface area contributed by atoms with Crippen molar-refractivity contribution in [3.05, 3.63) is 145 Å². The Labute approximate surface area is 253 Å². The van der Waals surface area contributed by atoms with Crippen LogP contribution in [0.25, 0.3) is 72.9 Å². The number of allylic oxidation sites excluding steroid dienone is 1. The number of aromatic nitrogens is 3. The van der Waals surface area contributed by atoms with E-state index in [1.807, 2.05) is 78.9 Å². The average molecular weight is 568 g/mol. The molecule has 0 amide bonds. The summed E-state index contributed by atoms with van der Waals surface area (Å²) >= 11 is 0. The van der Waals surface area contributed by atoms with Gasteiger partial charge in [0.25, 0.3) is 0 Å². The van der Waals surface area contributed by atoms with Gasteiger partial charge in [0, 0.05) is 32.8 Å². The first kappa shape index (κ1) is 24.8. The van der Waals surface area contributed by atoms with Gasteiger partial charge >= 0.3 is 0 Å². The molecule has 0 bridgehead atoms. The summed E-state index contributed by atoms with van der Waals surface area (Å²) in [5, 5.41) is 3.14. The summed E-state index contributed by atoms with van der Waals surface area (Å²) in [7, 11) is 0. The summed E-state index contributed by atoms with van der Waals surface area (Å²) in [5.74, 6) is 2.67. The maximum absolute atomic E-state index is 6.46. The lowest BCUT2D eigenvalue weighted by Crippen LogP contribution is -2.11. The van der Waals surface area contributed by atoms with Crippen LogP contribution >= 0.6 is 0 Å². The highest BCUT2D eigenvalue weighted by atomic mass is 16.3. The van der Waals surface area contributed by atoms with Crippen molar-refractivity contribution in [1.29, 1.82) is 0 Å². The molecule has 0 saturated carbocycles. The highest BCUT2D eigenvalue weighted by Gasteiger charge is 2.29. The molecular weight excluding hydrogens is 542 g/mol. The van der Waals surface area contributed by atoms with Crippen LogP contribution in [0.15, 0.2) is 136 Å². The minimum absolute atomic E-state index is 0.146. The molecule has 0 fully saturated rings. The Bertz CT molecular complexity index is 2370. The van der Waals surface area contributed by atoms with Gasteiger partial charge in [0.2, 0.25) is 0 Å². The van der Waals surface area contributed by atoms with E-state index >= 15 is 0 Å². The van der Waals surface area contributed by atoms with E-state index in [-0.39, 0.29) is 5.92 Å². The van der Waals surface area contributed by atoms with Crippen LogP contribution < -0.4 is 0 Å². The zero-order valence-electron chi connectivity index (χ0n) is 23.6. The molecular formula is C39H25N3O2. The number of benzene rings is 5. The van der Waals surface area contributed by atoms with Gasteiger partial charge < -0.3 is 8.83 Å². The first-order valence-corrected chi connectivity index (χ1v) is 14.8. The molecule has 1 atom stereocenters. The van der Waals surface area contributed by atoms with Crippen LogP contribution in [-0.4, -0.2) is 15.0 Å². The molecule has 0 radical (unpaired) electrons. The lowest BCUT2D eigenvalue weighted by molar-refractivity contribution is 0.506. The van der Waals surface area contributed by atoms with Gasteiger partial charge in [-0.25, -0.2) is 15.0 Å². The third-order valence-electron chi connectivity index (χ3n) is 8.48. The van der Waals surface area contributed by atoms with Crippen molar-refractivity contribution >= 4 is 39.0 Å². The largest absolute Gasteiger partial charge is 0.460 e. The van der Waals surface area contributed by atoms with E-state index < -0.39 is 0 Å². The van der Waals surface area contributed by atoms with Crippen molar-refractivity contribution in [2.45, 2.75) is 12.3 Å². The standard InChI is InChI=1S/C39H25N3O2/c1-3-12-24(13-4-1)26-17-10-22-32-34(26)35-29(19-11-23-33(35)43-32)38-40-37(25-14-5-2-6-15-25)41-39(42-38)30-20-9-18-28-27-16-7-8-21-31(27)44-36(28)30/h1-19,21-23,30H,20H2. The van der Waals surface area contributed by atoms with Gasteiger partial charge in [-0.05, 0) is 35.7 Å². The molecule has 5 heteroatoms. The SMILES string of the molecule is C1=Cc2c(oc3ccccc23)C(c2nc(-c3ccccc3)nc(-c3cccc4oc5cccc(-c6ccccc6)c5c34)n2)C1. The zero-order chi connectivity index (χ0) is 29.0. The van der Waals surface area contributed by atoms with Crippen LogP contribution in [0.1, 0.15) is 29.5 Å². The monoisotopic (exact) mass is 567 g/mol. The Kier molecular flexibility index (Phi) is 5.56. The summed E-state index contributed by atoms with van der Waals surface area (Å²) in [4.78, 5) is 15.4. The maximum atomic E-state index is 6.46. The van der Waals surface area contributed by atoms with Crippen LogP contribution in [0, 0.1) is 0 Å². The van der Waals surface area contributed by atoms with E-state index in [1.165, 1.54) is 0 Å². The van der Waals surface area contributed by atoms with Gasteiger partial charge in [-0.2, -0.15) is 0 Å². The molecule has 5 nitrogen and oxygen atoms in total. The normalized spacial score (nSPS) is 14.4. The number of fused-ring (bicyclic) bond motifs is 6. The number of para-hydroxylation sites is 1. The molecule has 0 aliphatic heterocycles. The fourth-order valence-electron chi connectivity index (χ4n) is 6.46. The van der Waals surface area contributed by atoms with Crippen molar-refractivity contribution in [3.8, 4) is 33.9 Å². The van der Waals surface area contributed by atoms with Crippen LogP contribution in [0.5, 0.6) is 0 Å². The first-order valence-electron chi connectivity index (χ1n) is 14.8. The fraction of sp³-hybridized carbons (Fsp3) is 0.0513. The number of nitrogens with zero attached hydrogens (tertiary/aromatic N) is 3. The van der Waals surface area contributed by atoms with Gasteiger partial charge in [0.15, 0.2) is 11.6 Å². The Morgan fingerprint density at radius 3 is 1.95 bits per heavy atom. The molecule has 0 spiro atoms. The molecule has 0 saturated heterocycles. The fourth-order valence-corrected chi connectivity index (χ4v) is 6.46. The second kappa shape index (κ2) is 9.89. The summed E-state index contributed by atoms with van der Waals surface area (Å²) in [6, 6.07) is 41.0. The number of hydrogen-bond acceptors (Lipinski definition) is 5. The molecule has 3 heterocycles. The van der Waals surface area contributed by atoms with Gasteiger partial charge in [-0.1, -0.05) is 115 Å². The summed E-state index contributed by atoms with van der Waals surface area (Å²) in [6.45, 7) is 0. The molecule has 5 aromatic carbocycles. The van der Waals surface area contributed by atoms with E-state index in [4.69, 9.17) is 23.8 Å². The third kappa shape index (κ3) is 3.90. The van der Waals surface area contributed by atoms with E-state index in [0.29, 0.717) is 17.5 Å². The lowest BCUT2D eigenvalue weighted by atomic mass is 9.91. The van der Waals surface area contributed by atoms with Crippen LogP contribution in [0.4, 0.5) is 0 Å². The first-order chi connectivity index (χ1) is 21.8. The van der Waals surface area contributed by atoms with Crippen LogP contribution in [0.3, 0.4) is 0 Å². The van der Waals surface area contributed by atoms with Crippen molar-refractivity contribution in [2.75, 3.05) is 0 Å². The van der Waals surface area contributed by atoms with Gasteiger partial charge in [-0.15, -0.1) is 0 Å². The number of rotatable bonds is 4. The van der Waals surface area contributed by atoms with Crippen molar-refractivity contribution in [3.63, 3.8) is 0 Å². The Morgan fingerprint density at radius 2 is 1.16 bits per heavy atom. The molecule has 3 aromatic heterocycles. The predicted molar refractivity (Wildman–Crippen MR) is 175 cm³/mol. The van der Waals surface area contributed by atoms with Crippen LogP contribution in [0.2, 0.25) is 0 Å². The van der Waals surface area contributed by atoms with E-state index in [0.717, 1.165) is 72.9 Å². The Balaban J connectivity index is 1.31. The van der Waals surface area contributed by atoms with Crippen LogP contribution in [-0.2, 0) is 0 Å². The quantitative estimate of drug-likeness (QED) is 0.212. The highest BCUT2D eigenvalue weighted by Crippen LogP contribution is 2.43. The number of hydrogen-bond donors (Lipinski definition) is 0. The second-order valence-electron chi connectivity index (χ2n) is 11.1. The summed E-state index contributed by atoms with van der Waals surface area (Å²) in [5.41, 5.74) is 7.66. The van der Waals surface area contributed by atoms with Crippen molar-refractivity contribution in [1.82, 2.24) is 15.0 Å². The van der Waals surface area contributed by atoms with E-state index in [2.05, 4.69) is 54.6 Å². The smallest absolute Gasteiger partial charge is 0.164 e. The highest BCUT2D eigenvalue weighted by molar-refractivity contribution is 6.17. The second-order valence-corrected chi connectivity index (χ2v) is 11.1. The van der Waals surface area contributed by atoms with Crippen molar-refractivity contribution < 1.29 is 8.83 Å². The molecule has 1 aliphatic carbocycles. The van der Waals surface area contributed by atoms with Gasteiger partial charge in [-0.3, -0.25) is 0 Å². The minimum Gasteiger partial charge on any atom is -0.460 e. The molecule has 208 valence electrons. The van der Waals surface area contributed by atoms with Gasteiger partial charge in [0.05, 0.1) is 5.92 Å². The minimum atomic E-state index is -0.146. The van der Waals surface area contributed by atoms with E-state index in [9.17, 15) is 0 Å². The molecule has 8 aromatic rings. The Morgan fingerprint density at radius 1 is 0.523 bits per heavy atom. The number of furan rings is 2. The molecule has 0 N–H and O–H groups in total. The third-order valence-corrected chi connectivity index (χ3v) is 8.48. The molecule has 1 aliphatic rings. The average Bonchev–Trinajstić information content (AvgIpc) is 3.67. The van der Waals surface area contributed by atoms with Gasteiger partial charge in [0.1, 0.15) is 28.3 Å². The Hall–Kier alpha value is -5.81. The molecule has 9 rings (SSSR count). The summed E-state index contributed by atoms with van der Waals surface area (Å²) in [6.07, 6.45) is 5.08.